The van der Waals surface area contributed by atoms with Gasteiger partial charge in [0.05, 0.1) is 6.07 Å². The first-order valence-electron chi connectivity index (χ1n) is 5.32. The van der Waals surface area contributed by atoms with E-state index in [0.717, 1.165) is 4.90 Å². The number of nitriles is 1. The number of nitrogens with zero attached hydrogens (tertiary/aromatic N) is 2. The first-order valence-corrected chi connectivity index (χ1v) is 5.32. The second-order valence-electron chi connectivity index (χ2n) is 3.63. The van der Waals surface area contributed by atoms with E-state index in [9.17, 15) is 18.0 Å². The van der Waals surface area contributed by atoms with E-state index in [4.69, 9.17) is 5.26 Å². The number of carbonyl (C=O) groups is 1. The molecule has 0 saturated heterocycles. The van der Waals surface area contributed by atoms with Gasteiger partial charge in [0.25, 0.3) is 5.91 Å². The summed E-state index contributed by atoms with van der Waals surface area (Å²) in [4.78, 5) is 12.9. The predicted molar refractivity (Wildman–Crippen MR) is 58.1 cm³/mol. The molecule has 1 amide bonds. The van der Waals surface area contributed by atoms with Gasteiger partial charge in [0.15, 0.2) is 0 Å². The Bertz CT molecular complexity index is 474. The molecule has 18 heavy (non-hydrogen) atoms. The zero-order valence-electron chi connectivity index (χ0n) is 9.71. The number of amides is 1. The molecule has 0 aliphatic carbocycles. The maximum Gasteiger partial charge on any atom is 0.260 e. The van der Waals surface area contributed by atoms with Crippen molar-refractivity contribution >= 4 is 5.91 Å². The highest BCUT2D eigenvalue weighted by Crippen LogP contribution is 2.17. The normalized spacial score (nSPS) is 9.94. The van der Waals surface area contributed by atoms with Crippen molar-refractivity contribution < 1.29 is 18.0 Å². The molecular formula is C12H11F3N2O. The molecule has 3 nitrogen and oxygen atoms in total. The van der Waals surface area contributed by atoms with Crippen LogP contribution in [0.2, 0.25) is 0 Å². The fourth-order valence-electron chi connectivity index (χ4n) is 1.51. The molecule has 0 saturated carbocycles. The lowest BCUT2D eigenvalue weighted by atomic mass is 10.1. The van der Waals surface area contributed by atoms with Crippen LogP contribution in [-0.2, 0) is 0 Å². The molecule has 0 spiro atoms. The van der Waals surface area contributed by atoms with Gasteiger partial charge < -0.3 is 4.90 Å². The molecule has 0 aliphatic heterocycles. The van der Waals surface area contributed by atoms with E-state index in [1.165, 1.54) is 0 Å². The summed E-state index contributed by atoms with van der Waals surface area (Å²) in [6, 6.07) is 2.61. The molecule has 6 heteroatoms. The zero-order valence-corrected chi connectivity index (χ0v) is 9.71. The van der Waals surface area contributed by atoms with Gasteiger partial charge in [-0.2, -0.15) is 5.26 Å². The van der Waals surface area contributed by atoms with E-state index in [2.05, 4.69) is 0 Å². The van der Waals surface area contributed by atoms with Crippen molar-refractivity contribution in [1.82, 2.24) is 4.90 Å². The van der Waals surface area contributed by atoms with E-state index >= 15 is 0 Å². The molecule has 1 aromatic carbocycles. The lowest BCUT2D eigenvalue weighted by Gasteiger charge is -2.19. The van der Waals surface area contributed by atoms with Crippen LogP contribution in [-0.4, -0.2) is 23.9 Å². The number of hydrogen-bond donors (Lipinski definition) is 0. The minimum Gasteiger partial charge on any atom is -0.325 e. The number of carbonyl (C=O) groups excluding carboxylic acids is 1. The van der Waals surface area contributed by atoms with Crippen LogP contribution in [0.5, 0.6) is 0 Å². The molecule has 0 radical (unpaired) electrons. The second kappa shape index (κ2) is 6.05. The quantitative estimate of drug-likeness (QED) is 0.777. The number of hydrogen-bond acceptors (Lipinski definition) is 2. The van der Waals surface area contributed by atoms with Crippen molar-refractivity contribution in [1.29, 1.82) is 5.26 Å². The summed E-state index contributed by atoms with van der Waals surface area (Å²) >= 11 is 0. The maximum absolute atomic E-state index is 13.4. The minimum atomic E-state index is -1.27. The topological polar surface area (TPSA) is 44.1 Å². The summed E-state index contributed by atoms with van der Waals surface area (Å²) in [5.74, 6) is -4.58. The van der Waals surface area contributed by atoms with E-state index in [0.29, 0.717) is 18.6 Å². The summed E-state index contributed by atoms with van der Waals surface area (Å²) in [6.07, 6.45) is 0.540. The van der Waals surface area contributed by atoms with Crippen molar-refractivity contribution in [2.45, 2.75) is 13.3 Å². The molecule has 1 aromatic rings. The van der Waals surface area contributed by atoms with E-state index < -0.39 is 28.9 Å². The highest BCUT2D eigenvalue weighted by atomic mass is 19.1. The molecule has 0 bridgehead atoms. The second-order valence-corrected chi connectivity index (χ2v) is 3.63. The van der Waals surface area contributed by atoms with Gasteiger partial charge in [-0.1, -0.05) is 6.92 Å². The van der Waals surface area contributed by atoms with Crippen molar-refractivity contribution in [3.63, 3.8) is 0 Å². The van der Waals surface area contributed by atoms with Gasteiger partial charge in [0.2, 0.25) is 0 Å². The van der Waals surface area contributed by atoms with E-state index in [-0.39, 0.29) is 13.1 Å². The number of benzene rings is 1. The van der Waals surface area contributed by atoms with Gasteiger partial charge in [0, 0.05) is 18.7 Å². The average Bonchev–Trinajstić information content (AvgIpc) is 2.27. The van der Waals surface area contributed by atoms with Gasteiger partial charge >= 0.3 is 0 Å². The Balaban J connectivity index is 3.13. The summed E-state index contributed by atoms with van der Waals surface area (Å²) in [5.41, 5.74) is -0.833. The van der Waals surface area contributed by atoms with Crippen LogP contribution < -0.4 is 0 Å². The van der Waals surface area contributed by atoms with Crippen molar-refractivity contribution in [3.05, 3.63) is 35.1 Å². The maximum atomic E-state index is 13.4. The molecule has 0 fully saturated rings. The van der Waals surface area contributed by atoms with Gasteiger partial charge in [-0.3, -0.25) is 4.79 Å². The standard InChI is InChI=1S/C12H11F3N2O/c1-2-4-17(5-3-16)12(18)11-9(14)6-8(13)7-10(11)15/h6-7H,2,4-5H2,1H3. The largest absolute Gasteiger partial charge is 0.325 e. The number of rotatable bonds is 4. The van der Waals surface area contributed by atoms with Crippen LogP contribution in [0.4, 0.5) is 13.2 Å². The van der Waals surface area contributed by atoms with Crippen LogP contribution in [0.15, 0.2) is 12.1 Å². The molecular weight excluding hydrogens is 245 g/mol. The van der Waals surface area contributed by atoms with Crippen LogP contribution in [0, 0.1) is 28.8 Å². The minimum absolute atomic E-state index is 0.197. The molecule has 0 aromatic heterocycles. The van der Waals surface area contributed by atoms with Crippen molar-refractivity contribution in [2.75, 3.05) is 13.1 Å². The zero-order chi connectivity index (χ0) is 13.7. The Hall–Kier alpha value is -2.03. The Morgan fingerprint density at radius 3 is 2.33 bits per heavy atom. The lowest BCUT2D eigenvalue weighted by molar-refractivity contribution is 0.0766. The van der Waals surface area contributed by atoms with Crippen molar-refractivity contribution in [2.24, 2.45) is 0 Å². The monoisotopic (exact) mass is 256 g/mol. The highest BCUT2D eigenvalue weighted by Gasteiger charge is 2.23. The predicted octanol–water partition coefficient (Wildman–Crippen LogP) is 2.48. The lowest BCUT2D eigenvalue weighted by Crippen LogP contribution is -2.33. The molecule has 0 N–H and O–H groups in total. The SMILES string of the molecule is CCCN(CC#N)C(=O)c1c(F)cc(F)cc1F. The molecule has 0 atom stereocenters. The molecule has 96 valence electrons. The van der Waals surface area contributed by atoms with E-state index in [1.807, 2.05) is 0 Å². The Kier molecular flexibility index (Phi) is 4.72. The fraction of sp³-hybridized carbons (Fsp3) is 0.333. The van der Waals surface area contributed by atoms with Crippen LogP contribution in [0.25, 0.3) is 0 Å². The van der Waals surface area contributed by atoms with Crippen LogP contribution >= 0.6 is 0 Å². The third-order valence-electron chi connectivity index (χ3n) is 2.26. The molecule has 0 unspecified atom stereocenters. The first-order chi connectivity index (χ1) is 8.51. The Morgan fingerprint density at radius 2 is 1.89 bits per heavy atom. The van der Waals surface area contributed by atoms with Gasteiger partial charge in [0.1, 0.15) is 29.6 Å². The molecule has 0 heterocycles. The summed E-state index contributed by atoms with van der Waals surface area (Å²) in [6.45, 7) is 1.68. The Labute approximate surface area is 102 Å². The molecule has 1 rings (SSSR count). The Morgan fingerprint density at radius 1 is 1.33 bits per heavy atom. The number of halogens is 3. The average molecular weight is 256 g/mol. The highest BCUT2D eigenvalue weighted by molar-refractivity contribution is 5.94. The first kappa shape index (κ1) is 14.0. The van der Waals surface area contributed by atoms with Crippen molar-refractivity contribution in [3.8, 4) is 6.07 Å². The fourth-order valence-corrected chi connectivity index (χ4v) is 1.51. The van der Waals surface area contributed by atoms with Gasteiger partial charge in [-0.25, -0.2) is 13.2 Å². The van der Waals surface area contributed by atoms with Crippen LogP contribution in [0.1, 0.15) is 23.7 Å². The summed E-state index contributed by atoms with van der Waals surface area (Å²) in [5, 5.41) is 8.55. The summed E-state index contributed by atoms with van der Waals surface area (Å²) in [7, 11) is 0. The third kappa shape index (κ3) is 3.00. The molecule has 0 aliphatic rings. The van der Waals surface area contributed by atoms with E-state index in [1.54, 1.807) is 13.0 Å². The smallest absolute Gasteiger partial charge is 0.260 e. The third-order valence-corrected chi connectivity index (χ3v) is 2.26. The van der Waals surface area contributed by atoms with Gasteiger partial charge in [-0.05, 0) is 6.42 Å². The van der Waals surface area contributed by atoms with Gasteiger partial charge in [-0.15, -0.1) is 0 Å². The van der Waals surface area contributed by atoms with Crippen LogP contribution in [0.3, 0.4) is 0 Å². The summed E-state index contributed by atoms with van der Waals surface area (Å²) < 4.78 is 39.5.